The molecule has 2 unspecified atom stereocenters. The first-order chi connectivity index (χ1) is 21.2. The van der Waals surface area contributed by atoms with Crippen LogP contribution in [0.4, 0.5) is 0 Å². The third-order valence-corrected chi connectivity index (χ3v) is 9.72. The van der Waals surface area contributed by atoms with Crippen molar-refractivity contribution < 1.29 is 29.5 Å². The van der Waals surface area contributed by atoms with Crippen LogP contribution in [0, 0.1) is 0 Å². The minimum Gasteiger partial charge on any atom is -0.504 e. The maximum Gasteiger partial charge on any atom is 0.169 e. The Morgan fingerprint density at radius 2 is 1.43 bits per heavy atom. The Balaban J connectivity index is 1.16. The molecule has 3 aliphatic rings. The highest BCUT2D eigenvalue weighted by Crippen LogP contribution is 2.53. The summed E-state index contributed by atoms with van der Waals surface area (Å²) >= 11 is 0. The smallest absolute Gasteiger partial charge is 0.169 e. The van der Waals surface area contributed by atoms with Crippen LogP contribution in [-0.2, 0) is 25.7 Å². The van der Waals surface area contributed by atoms with Crippen molar-refractivity contribution in [2.24, 2.45) is 0 Å². The van der Waals surface area contributed by atoms with E-state index in [-0.39, 0.29) is 29.3 Å². The average Bonchev–Trinajstić information content (AvgIpc) is 3.02. The summed E-state index contributed by atoms with van der Waals surface area (Å²) in [5.74, 6) is 2.26. The van der Waals surface area contributed by atoms with Gasteiger partial charge < -0.3 is 29.5 Å². The minimum absolute atomic E-state index is 0.0176. The fourth-order valence-corrected chi connectivity index (χ4v) is 7.28. The summed E-state index contributed by atoms with van der Waals surface area (Å²) in [6, 6.07) is 17.6. The van der Waals surface area contributed by atoms with Crippen molar-refractivity contribution in [1.82, 2.24) is 9.80 Å². The van der Waals surface area contributed by atoms with Gasteiger partial charge in [0.2, 0.25) is 0 Å². The summed E-state index contributed by atoms with van der Waals surface area (Å²) in [5, 5.41) is 32.6. The van der Waals surface area contributed by atoms with Crippen LogP contribution < -0.4 is 14.2 Å². The molecule has 0 aromatic heterocycles. The van der Waals surface area contributed by atoms with Crippen LogP contribution in [0.2, 0.25) is 0 Å². The maximum absolute atomic E-state index is 11.2. The number of nitrogens with zero attached hydrogens (tertiary/aromatic N) is 2. The van der Waals surface area contributed by atoms with E-state index in [0.29, 0.717) is 23.0 Å². The lowest BCUT2D eigenvalue weighted by Crippen LogP contribution is -2.35. The fraction of sp³-hybridized carbons (Fsp3) is 0.333. The summed E-state index contributed by atoms with van der Waals surface area (Å²) in [6.07, 6.45) is 3.32. The Bertz CT molecular complexity index is 1750. The van der Waals surface area contributed by atoms with Gasteiger partial charge in [-0.25, -0.2) is 0 Å². The van der Waals surface area contributed by atoms with Gasteiger partial charge >= 0.3 is 0 Å². The van der Waals surface area contributed by atoms with Crippen molar-refractivity contribution in [1.29, 1.82) is 0 Å². The molecular weight excluding hydrogens is 556 g/mol. The highest BCUT2D eigenvalue weighted by Gasteiger charge is 2.36. The molecule has 7 rings (SSSR count). The van der Waals surface area contributed by atoms with Gasteiger partial charge in [0, 0.05) is 30.7 Å². The monoisotopic (exact) mass is 594 g/mol. The molecule has 0 amide bonds. The Labute approximate surface area is 257 Å². The second-order valence-electron chi connectivity index (χ2n) is 12.2. The molecule has 3 N–H and O–H groups in total. The number of benzene rings is 4. The van der Waals surface area contributed by atoms with Gasteiger partial charge in [-0.2, -0.15) is 0 Å². The lowest BCUT2D eigenvalue weighted by atomic mass is 9.76. The molecule has 0 radical (unpaired) electrons. The highest BCUT2D eigenvalue weighted by atomic mass is 16.5. The van der Waals surface area contributed by atoms with E-state index >= 15 is 0 Å². The lowest BCUT2D eigenvalue weighted by molar-refractivity contribution is 0.226. The molecule has 0 saturated carbocycles. The topological polar surface area (TPSA) is 94.9 Å². The molecule has 4 aromatic carbocycles. The van der Waals surface area contributed by atoms with Gasteiger partial charge in [-0.15, -0.1) is 0 Å². The van der Waals surface area contributed by atoms with Crippen molar-refractivity contribution in [3.05, 3.63) is 88.0 Å². The van der Waals surface area contributed by atoms with Crippen LogP contribution in [0.3, 0.4) is 0 Å². The van der Waals surface area contributed by atoms with Crippen LogP contribution in [-0.4, -0.2) is 66.5 Å². The van der Waals surface area contributed by atoms with E-state index in [1.165, 1.54) is 11.1 Å². The SMILES string of the molecule is COc1cc2c(cc1O)CCN(C)C2Cc1ccc(Oc2cc3c(cc2O)-c2c(O)c(OC)cc4c2C(C3)N(C)CC4)cc1. The molecule has 0 saturated heterocycles. The van der Waals surface area contributed by atoms with E-state index in [2.05, 4.69) is 36.0 Å². The Morgan fingerprint density at radius 3 is 2.18 bits per heavy atom. The number of phenols is 3. The zero-order valence-electron chi connectivity index (χ0n) is 25.6. The molecule has 4 aromatic rings. The van der Waals surface area contributed by atoms with Crippen molar-refractivity contribution in [2.45, 2.75) is 37.8 Å². The largest absolute Gasteiger partial charge is 0.504 e. The maximum atomic E-state index is 11.2. The first-order valence-corrected chi connectivity index (χ1v) is 15.1. The molecule has 0 bridgehead atoms. The third kappa shape index (κ3) is 4.69. The van der Waals surface area contributed by atoms with Crippen LogP contribution >= 0.6 is 0 Å². The Hall–Kier alpha value is -4.40. The normalized spacial score (nSPS) is 19.1. The second-order valence-corrected chi connectivity index (χ2v) is 12.2. The first-order valence-electron chi connectivity index (χ1n) is 15.1. The van der Waals surface area contributed by atoms with Gasteiger partial charge in [-0.1, -0.05) is 12.1 Å². The number of fused-ring (bicyclic) bond motifs is 3. The summed E-state index contributed by atoms with van der Waals surface area (Å²) < 4.78 is 17.1. The van der Waals surface area contributed by atoms with Gasteiger partial charge in [-0.3, -0.25) is 9.80 Å². The predicted molar refractivity (Wildman–Crippen MR) is 168 cm³/mol. The number of likely N-dealkylation sites (N-methyl/N-ethyl adjacent to an activating group) is 2. The average molecular weight is 595 g/mol. The minimum atomic E-state index is 0.0176. The van der Waals surface area contributed by atoms with E-state index < -0.39 is 0 Å². The highest BCUT2D eigenvalue weighted by molar-refractivity contribution is 5.84. The van der Waals surface area contributed by atoms with Gasteiger partial charge in [0.15, 0.2) is 34.5 Å². The van der Waals surface area contributed by atoms with Crippen LogP contribution in [0.1, 0.15) is 45.5 Å². The number of methoxy groups -OCH3 is 2. The quantitative estimate of drug-likeness (QED) is 0.245. The van der Waals surface area contributed by atoms with Gasteiger partial charge in [0.05, 0.1) is 14.2 Å². The van der Waals surface area contributed by atoms with E-state index in [9.17, 15) is 15.3 Å². The summed E-state index contributed by atoms with van der Waals surface area (Å²) in [5.41, 5.74) is 8.35. The molecule has 8 heteroatoms. The molecule has 44 heavy (non-hydrogen) atoms. The number of phenolic OH excluding ortho intramolecular Hbond substituents is 3. The number of ether oxygens (including phenoxy) is 3. The molecule has 8 nitrogen and oxygen atoms in total. The van der Waals surface area contributed by atoms with Gasteiger partial charge in [0.25, 0.3) is 0 Å². The zero-order valence-corrected chi connectivity index (χ0v) is 25.6. The molecule has 2 aliphatic heterocycles. The van der Waals surface area contributed by atoms with E-state index in [0.717, 1.165) is 72.2 Å². The molecule has 2 heterocycles. The molecular formula is C36H38N2O6. The second kappa shape index (κ2) is 10.9. The van der Waals surface area contributed by atoms with Crippen LogP contribution in [0.5, 0.6) is 40.2 Å². The van der Waals surface area contributed by atoms with Crippen molar-refractivity contribution >= 4 is 0 Å². The zero-order chi connectivity index (χ0) is 30.7. The fourth-order valence-electron chi connectivity index (χ4n) is 7.28. The van der Waals surface area contributed by atoms with Gasteiger partial charge in [-0.05, 0) is 121 Å². The Morgan fingerprint density at radius 1 is 0.750 bits per heavy atom. The standard InChI is InChI=1S/C36H38N2O6/c1-37-11-9-21-15-29(39)31(42-3)19-25(21)27(37)13-20-5-7-24(8-6-20)44-32-17-23-14-28-34-22(10-12-38(28)2)16-33(43-4)36(41)35(34)26(23)18-30(32)40/h5-8,15-19,27-28,39-41H,9-14H2,1-4H3. The Kier molecular flexibility index (Phi) is 7.06. The number of hydrogen-bond donors (Lipinski definition) is 3. The first kappa shape index (κ1) is 28.4. The lowest BCUT2D eigenvalue weighted by Gasteiger charge is -2.40. The number of aromatic hydroxyl groups is 3. The van der Waals surface area contributed by atoms with E-state index in [4.69, 9.17) is 14.2 Å². The predicted octanol–water partition coefficient (Wildman–Crippen LogP) is 6.14. The number of hydrogen-bond acceptors (Lipinski definition) is 8. The van der Waals surface area contributed by atoms with Crippen molar-refractivity contribution in [2.75, 3.05) is 41.4 Å². The van der Waals surface area contributed by atoms with Crippen molar-refractivity contribution in [3.63, 3.8) is 0 Å². The molecule has 228 valence electrons. The third-order valence-electron chi connectivity index (χ3n) is 9.72. The van der Waals surface area contributed by atoms with E-state index in [1.54, 1.807) is 20.3 Å². The molecule has 1 aliphatic carbocycles. The molecule has 0 spiro atoms. The summed E-state index contributed by atoms with van der Waals surface area (Å²) in [6.45, 7) is 1.83. The van der Waals surface area contributed by atoms with Crippen molar-refractivity contribution in [3.8, 4) is 51.4 Å². The summed E-state index contributed by atoms with van der Waals surface area (Å²) in [4.78, 5) is 4.67. The molecule has 2 atom stereocenters. The number of rotatable bonds is 6. The van der Waals surface area contributed by atoms with Gasteiger partial charge in [0.1, 0.15) is 5.75 Å². The van der Waals surface area contributed by atoms with Crippen LogP contribution in [0.15, 0.2) is 54.6 Å². The van der Waals surface area contributed by atoms with Crippen LogP contribution in [0.25, 0.3) is 11.1 Å². The van der Waals surface area contributed by atoms with E-state index in [1.807, 2.05) is 36.4 Å². The molecule has 0 fully saturated rings. The summed E-state index contributed by atoms with van der Waals surface area (Å²) in [7, 11) is 7.39.